The van der Waals surface area contributed by atoms with E-state index in [0.717, 1.165) is 56.9 Å². The fourth-order valence-corrected chi connectivity index (χ4v) is 4.03. The van der Waals surface area contributed by atoms with E-state index < -0.39 is 0 Å². The van der Waals surface area contributed by atoms with Gasteiger partial charge in [-0.15, -0.1) is 0 Å². The van der Waals surface area contributed by atoms with E-state index in [2.05, 4.69) is 57.1 Å². The predicted molar refractivity (Wildman–Crippen MR) is 145 cm³/mol. The van der Waals surface area contributed by atoms with Crippen LogP contribution in [-0.4, -0.2) is 41.1 Å². The minimum Gasteiger partial charge on any atom is -0.354 e. The van der Waals surface area contributed by atoms with Crippen molar-refractivity contribution >= 4 is 17.8 Å². The monoisotopic (exact) mass is 462 g/mol. The van der Waals surface area contributed by atoms with Crippen LogP contribution in [0, 0.1) is 11.8 Å². The van der Waals surface area contributed by atoms with Crippen LogP contribution >= 0.6 is 0 Å². The first-order chi connectivity index (χ1) is 16.1. The second-order valence-corrected chi connectivity index (χ2v) is 9.57. The molecule has 192 valence electrons. The van der Waals surface area contributed by atoms with Gasteiger partial charge in [-0.3, -0.25) is 0 Å². The summed E-state index contributed by atoms with van der Waals surface area (Å²) in [5, 5.41) is 7.12. The van der Waals surface area contributed by atoms with Gasteiger partial charge in [-0.05, 0) is 37.5 Å². The lowest BCUT2D eigenvalue weighted by molar-refractivity contribution is 0.470. The van der Waals surface area contributed by atoms with Crippen molar-refractivity contribution in [3.8, 4) is 0 Å². The maximum atomic E-state index is 4.88. The van der Waals surface area contributed by atoms with E-state index in [0.29, 0.717) is 11.8 Å². The summed E-state index contributed by atoms with van der Waals surface area (Å²) in [6, 6.07) is 0. The number of rotatable bonds is 21. The van der Waals surface area contributed by atoms with Crippen molar-refractivity contribution in [3.05, 3.63) is 0 Å². The third-order valence-electron chi connectivity index (χ3n) is 6.65. The van der Waals surface area contributed by atoms with Crippen molar-refractivity contribution in [2.24, 2.45) is 11.8 Å². The Morgan fingerprint density at radius 1 is 0.606 bits per heavy atom. The summed E-state index contributed by atoms with van der Waals surface area (Å²) in [6.45, 7) is 17.4. The standard InChI is InChI=1S/C27H54N6/c1-7-13-17-23(11-5)21-28-25-30-26(29-22-24(12-6)18-14-8-2)32-27(31-25)33(19-15-9-3)20-16-10-4/h23-24H,7-22H2,1-6H3,(H2,28,29,30,31,32). The minimum atomic E-state index is 0.663. The molecule has 1 rings (SSSR count). The van der Waals surface area contributed by atoms with Gasteiger partial charge < -0.3 is 15.5 Å². The highest BCUT2D eigenvalue weighted by Gasteiger charge is 2.15. The van der Waals surface area contributed by atoms with Crippen molar-refractivity contribution in [1.82, 2.24) is 15.0 Å². The Morgan fingerprint density at radius 2 is 1.03 bits per heavy atom. The van der Waals surface area contributed by atoms with E-state index >= 15 is 0 Å². The van der Waals surface area contributed by atoms with Gasteiger partial charge in [0.2, 0.25) is 17.8 Å². The topological polar surface area (TPSA) is 66.0 Å². The van der Waals surface area contributed by atoms with Gasteiger partial charge in [0.25, 0.3) is 0 Å². The molecule has 6 heteroatoms. The van der Waals surface area contributed by atoms with Crippen LogP contribution in [0.25, 0.3) is 0 Å². The number of nitrogens with zero attached hydrogens (tertiary/aromatic N) is 4. The van der Waals surface area contributed by atoms with E-state index in [-0.39, 0.29) is 0 Å². The van der Waals surface area contributed by atoms with Gasteiger partial charge in [-0.2, -0.15) is 15.0 Å². The molecule has 0 radical (unpaired) electrons. The third kappa shape index (κ3) is 12.4. The van der Waals surface area contributed by atoms with E-state index in [1.165, 1.54) is 64.2 Å². The Labute approximate surface area is 205 Å². The van der Waals surface area contributed by atoms with E-state index in [4.69, 9.17) is 15.0 Å². The molecule has 0 aromatic carbocycles. The van der Waals surface area contributed by atoms with E-state index in [1.807, 2.05) is 0 Å². The number of nitrogens with one attached hydrogen (secondary N) is 2. The third-order valence-corrected chi connectivity index (χ3v) is 6.65. The molecule has 0 fully saturated rings. The van der Waals surface area contributed by atoms with Crippen molar-refractivity contribution < 1.29 is 0 Å². The molecule has 0 aliphatic carbocycles. The Balaban J connectivity index is 3.03. The summed E-state index contributed by atoms with van der Waals surface area (Å²) in [4.78, 5) is 16.9. The van der Waals surface area contributed by atoms with Gasteiger partial charge in [0.1, 0.15) is 0 Å². The number of unbranched alkanes of at least 4 members (excludes halogenated alkanes) is 4. The molecule has 0 aliphatic rings. The highest BCUT2D eigenvalue weighted by atomic mass is 15.3. The van der Waals surface area contributed by atoms with Crippen LogP contribution in [0.3, 0.4) is 0 Å². The van der Waals surface area contributed by atoms with Gasteiger partial charge in [0.05, 0.1) is 0 Å². The fraction of sp³-hybridized carbons (Fsp3) is 0.889. The lowest BCUT2D eigenvalue weighted by Gasteiger charge is -2.24. The SMILES string of the molecule is CCCCC(CC)CNc1nc(NCC(CC)CCCC)nc(N(CCCC)CCCC)n1. The van der Waals surface area contributed by atoms with Gasteiger partial charge in [-0.25, -0.2) is 0 Å². The van der Waals surface area contributed by atoms with Crippen LogP contribution in [-0.2, 0) is 0 Å². The lowest BCUT2D eigenvalue weighted by Crippen LogP contribution is -2.29. The lowest BCUT2D eigenvalue weighted by atomic mass is 9.99. The first-order valence-corrected chi connectivity index (χ1v) is 14.1. The van der Waals surface area contributed by atoms with Crippen molar-refractivity contribution in [3.63, 3.8) is 0 Å². The second kappa shape index (κ2) is 18.8. The number of anilines is 3. The molecule has 0 spiro atoms. The van der Waals surface area contributed by atoms with Gasteiger partial charge >= 0.3 is 0 Å². The second-order valence-electron chi connectivity index (χ2n) is 9.57. The fourth-order valence-electron chi connectivity index (χ4n) is 4.03. The minimum absolute atomic E-state index is 0.663. The number of hydrogen-bond donors (Lipinski definition) is 2. The number of hydrogen-bond acceptors (Lipinski definition) is 6. The summed E-state index contributed by atoms with van der Waals surface area (Å²) in [6.07, 6.45) is 14.6. The van der Waals surface area contributed by atoms with Crippen LogP contribution in [0.4, 0.5) is 17.8 Å². The smallest absolute Gasteiger partial charge is 0.231 e. The Kier molecular flexibility index (Phi) is 16.8. The molecule has 0 bridgehead atoms. The van der Waals surface area contributed by atoms with Crippen LogP contribution in [0.2, 0.25) is 0 Å². The van der Waals surface area contributed by atoms with Crippen molar-refractivity contribution in [2.75, 3.05) is 41.7 Å². The molecular weight excluding hydrogens is 408 g/mol. The molecule has 1 aromatic heterocycles. The quantitative estimate of drug-likeness (QED) is 0.197. The Morgan fingerprint density at radius 3 is 1.39 bits per heavy atom. The molecule has 2 N–H and O–H groups in total. The molecule has 1 aromatic rings. The van der Waals surface area contributed by atoms with Gasteiger partial charge in [0.15, 0.2) is 0 Å². The molecular formula is C27H54N6. The van der Waals surface area contributed by atoms with Crippen molar-refractivity contribution in [2.45, 2.75) is 119 Å². The first kappa shape index (κ1) is 29.4. The van der Waals surface area contributed by atoms with Crippen LogP contribution in [0.15, 0.2) is 0 Å². The van der Waals surface area contributed by atoms with E-state index in [1.54, 1.807) is 0 Å². The molecule has 2 unspecified atom stereocenters. The zero-order chi connectivity index (χ0) is 24.3. The first-order valence-electron chi connectivity index (χ1n) is 14.1. The molecule has 1 heterocycles. The zero-order valence-corrected chi connectivity index (χ0v) is 22.8. The van der Waals surface area contributed by atoms with Crippen LogP contribution in [0.5, 0.6) is 0 Å². The van der Waals surface area contributed by atoms with Gasteiger partial charge in [0, 0.05) is 26.2 Å². The maximum absolute atomic E-state index is 4.88. The number of aromatic nitrogens is 3. The van der Waals surface area contributed by atoms with Gasteiger partial charge in [-0.1, -0.05) is 92.9 Å². The Bertz CT molecular complexity index is 548. The summed E-state index contributed by atoms with van der Waals surface area (Å²) in [5.74, 6) is 3.59. The molecule has 6 nitrogen and oxygen atoms in total. The molecule has 33 heavy (non-hydrogen) atoms. The summed E-state index contributed by atoms with van der Waals surface area (Å²) < 4.78 is 0. The molecule has 0 saturated carbocycles. The molecule has 2 atom stereocenters. The largest absolute Gasteiger partial charge is 0.354 e. The highest BCUT2D eigenvalue weighted by Crippen LogP contribution is 2.19. The maximum Gasteiger partial charge on any atom is 0.231 e. The highest BCUT2D eigenvalue weighted by molar-refractivity contribution is 5.44. The molecule has 0 saturated heterocycles. The van der Waals surface area contributed by atoms with Crippen LogP contribution in [0.1, 0.15) is 119 Å². The predicted octanol–water partition coefficient (Wildman–Crippen LogP) is 7.53. The summed E-state index contributed by atoms with van der Waals surface area (Å²) in [5.41, 5.74) is 0. The van der Waals surface area contributed by atoms with Crippen molar-refractivity contribution in [1.29, 1.82) is 0 Å². The average Bonchev–Trinajstić information content (AvgIpc) is 2.84. The Hall–Kier alpha value is -1.59. The molecule has 0 aliphatic heterocycles. The van der Waals surface area contributed by atoms with Crippen LogP contribution < -0.4 is 15.5 Å². The normalized spacial score (nSPS) is 13.0. The average molecular weight is 463 g/mol. The van der Waals surface area contributed by atoms with E-state index in [9.17, 15) is 0 Å². The summed E-state index contributed by atoms with van der Waals surface area (Å²) in [7, 11) is 0. The molecule has 0 amide bonds. The zero-order valence-electron chi connectivity index (χ0n) is 22.8. The summed E-state index contributed by atoms with van der Waals surface area (Å²) >= 11 is 0.